The largest absolute Gasteiger partial charge is 0.370 e. The molecule has 0 amide bonds. The third kappa shape index (κ3) is 3.62. The number of rotatable bonds is 6. The van der Waals surface area contributed by atoms with E-state index in [1.807, 2.05) is 4.68 Å². The summed E-state index contributed by atoms with van der Waals surface area (Å²) in [5.74, 6) is 1.71. The highest BCUT2D eigenvalue weighted by Gasteiger charge is 2.10. The lowest BCUT2D eigenvalue weighted by atomic mass is 10.1. The van der Waals surface area contributed by atoms with E-state index in [0.717, 1.165) is 36.6 Å². The molecule has 0 saturated heterocycles. The molecule has 0 spiro atoms. The van der Waals surface area contributed by atoms with Crippen LogP contribution in [0.4, 0.5) is 5.82 Å². The first-order valence-corrected chi connectivity index (χ1v) is 7.50. The van der Waals surface area contributed by atoms with Gasteiger partial charge in [0.15, 0.2) is 0 Å². The van der Waals surface area contributed by atoms with Crippen LogP contribution in [0.2, 0.25) is 0 Å². The summed E-state index contributed by atoms with van der Waals surface area (Å²) in [6, 6.07) is 10.6. The molecule has 1 aromatic carbocycles. The van der Waals surface area contributed by atoms with Crippen molar-refractivity contribution < 1.29 is 0 Å². The van der Waals surface area contributed by atoms with E-state index in [1.54, 1.807) is 0 Å². The van der Waals surface area contributed by atoms with E-state index in [-0.39, 0.29) is 0 Å². The molecule has 0 bridgehead atoms. The van der Waals surface area contributed by atoms with E-state index in [9.17, 15) is 0 Å². The fraction of sp³-hybridized carbons (Fsp3) is 0.471. The number of aryl methyl sites for hydroxylation is 1. The van der Waals surface area contributed by atoms with Crippen LogP contribution >= 0.6 is 0 Å². The molecule has 3 heteroatoms. The highest BCUT2D eigenvalue weighted by Crippen LogP contribution is 2.20. The minimum atomic E-state index is 0.620. The Bertz CT molecular complexity index is 555. The highest BCUT2D eigenvalue weighted by molar-refractivity contribution is 5.47. The smallest absolute Gasteiger partial charge is 0.130 e. The van der Waals surface area contributed by atoms with E-state index >= 15 is 0 Å². The Morgan fingerprint density at radius 3 is 2.70 bits per heavy atom. The molecule has 1 N–H and O–H groups in total. The molecular formula is C17H25N3. The molecule has 2 aromatic rings. The summed E-state index contributed by atoms with van der Waals surface area (Å²) >= 11 is 0. The molecule has 3 nitrogen and oxygen atoms in total. The van der Waals surface area contributed by atoms with Gasteiger partial charge in [-0.1, -0.05) is 32.9 Å². The predicted octanol–water partition coefficient (Wildman–Crippen LogP) is 4.20. The highest BCUT2D eigenvalue weighted by atomic mass is 15.3. The maximum absolute atomic E-state index is 4.77. The molecule has 0 aliphatic carbocycles. The van der Waals surface area contributed by atoms with Gasteiger partial charge in [-0.15, -0.1) is 0 Å². The second-order valence-electron chi connectivity index (χ2n) is 5.80. The van der Waals surface area contributed by atoms with Crippen molar-refractivity contribution in [2.24, 2.45) is 5.92 Å². The number of hydrogen-bond donors (Lipinski definition) is 1. The lowest BCUT2D eigenvalue weighted by Crippen LogP contribution is -2.07. The summed E-state index contributed by atoms with van der Waals surface area (Å²) < 4.78 is 2.03. The standard InChI is InChI=1S/C17H25N3/c1-5-9-18-17-12-15(10-13(2)3)19-20(17)16-8-6-7-14(4)11-16/h6-8,11-13,18H,5,9-10H2,1-4H3. The maximum Gasteiger partial charge on any atom is 0.130 e. The lowest BCUT2D eigenvalue weighted by Gasteiger charge is -2.09. The second-order valence-corrected chi connectivity index (χ2v) is 5.80. The van der Waals surface area contributed by atoms with E-state index in [0.29, 0.717) is 5.92 Å². The van der Waals surface area contributed by atoms with Crippen LogP contribution in [0.3, 0.4) is 0 Å². The lowest BCUT2D eigenvalue weighted by molar-refractivity contribution is 0.628. The molecule has 0 unspecified atom stereocenters. The Balaban J connectivity index is 2.35. The predicted molar refractivity (Wildman–Crippen MR) is 85.6 cm³/mol. The van der Waals surface area contributed by atoms with Crippen LogP contribution in [0.1, 0.15) is 38.4 Å². The summed E-state index contributed by atoms with van der Waals surface area (Å²) in [5.41, 5.74) is 3.53. The molecule has 0 aliphatic rings. The third-order valence-electron chi connectivity index (χ3n) is 3.18. The number of nitrogens with zero attached hydrogens (tertiary/aromatic N) is 2. The molecule has 20 heavy (non-hydrogen) atoms. The molecular weight excluding hydrogens is 246 g/mol. The minimum Gasteiger partial charge on any atom is -0.370 e. The van der Waals surface area contributed by atoms with Crippen molar-refractivity contribution in [1.29, 1.82) is 0 Å². The number of nitrogens with one attached hydrogen (secondary N) is 1. The minimum absolute atomic E-state index is 0.620. The summed E-state index contributed by atoms with van der Waals surface area (Å²) in [6.07, 6.45) is 2.12. The average Bonchev–Trinajstić information content (AvgIpc) is 2.78. The zero-order chi connectivity index (χ0) is 14.5. The van der Waals surface area contributed by atoms with Gasteiger partial charge in [-0.05, 0) is 43.4 Å². The Hall–Kier alpha value is -1.77. The zero-order valence-corrected chi connectivity index (χ0v) is 13.0. The van der Waals surface area contributed by atoms with E-state index in [4.69, 9.17) is 5.10 Å². The van der Waals surface area contributed by atoms with Crippen molar-refractivity contribution in [1.82, 2.24) is 9.78 Å². The Kier molecular flexibility index (Phi) is 4.83. The van der Waals surface area contributed by atoms with Gasteiger partial charge in [-0.2, -0.15) is 5.10 Å². The van der Waals surface area contributed by atoms with Gasteiger partial charge in [-0.25, -0.2) is 4.68 Å². The molecule has 2 rings (SSSR count). The van der Waals surface area contributed by atoms with Gasteiger partial charge in [0.05, 0.1) is 11.4 Å². The third-order valence-corrected chi connectivity index (χ3v) is 3.18. The van der Waals surface area contributed by atoms with Crippen LogP contribution in [-0.4, -0.2) is 16.3 Å². The Morgan fingerprint density at radius 1 is 1.25 bits per heavy atom. The van der Waals surface area contributed by atoms with Gasteiger partial charge < -0.3 is 5.32 Å². The van der Waals surface area contributed by atoms with Crippen LogP contribution in [0, 0.1) is 12.8 Å². The first-order valence-electron chi connectivity index (χ1n) is 7.50. The Labute approximate surface area is 122 Å². The summed E-state index contributed by atoms with van der Waals surface area (Å²) in [6.45, 7) is 9.71. The van der Waals surface area contributed by atoms with Gasteiger partial charge in [0, 0.05) is 12.6 Å². The number of aromatic nitrogens is 2. The van der Waals surface area contributed by atoms with Crippen molar-refractivity contribution in [2.75, 3.05) is 11.9 Å². The number of hydrogen-bond acceptors (Lipinski definition) is 2. The summed E-state index contributed by atoms with van der Waals surface area (Å²) in [5, 5.41) is 8.24. The molecule has 0 saturated carbocycles. The van der Waals surface area contributed by atoms with E-state index < -0.39 is 0 Å². The van der Waals surface area contributed by atoms with Crippen molar-refractivity contribution in [3.8, 4) is 5.69 Å². The zero-order valence-electron chi connectivity index (χ0n) is 13.0. The molecule has 1 aromatic heterocycles. The molecule has 0 fully saturated rings. The van der Waals surface area contributed by atoms with Crippen LogP contribution in [-0.2, 0) is 6.42 Å². The first kappa shape index (κ1) is 14.6. The molecule has 0 radical (unpaired) electrons. The maximum atomic E-state index is 4.77. The molecule has 108 valence electrons. The summed E-state index contributed by atoms with van der Waals surface area (Å²) in [7, 11) is 0. The van der Waals surface area contributed by atoms with Crippen LogP contribution < -0.4 is 5.32 Å². The van der Waals surface area contributed by atoms with Gasteiger partial charge >= 0.3 is 0 Å². The quantitative estimate of drug-likeness (QED) is 0.853. The van der Waals surface area contributed by atoms with Gasteiger partial charge in [0.2, 0.25) is 0 Å². The number of benzene rings is 1. The monoisotopic (exact) mass is 271 g/mol. The SMILES string of the molecule is CCCNc1cc(CC(C)C)nn1-c1cccc(C)c1. The van der Waals surface area contributed by atoms with Crippen LogP contribution in [0.5, 0.6) is 0 Å². The van der Waals surface area contributed by atoms with Crippen LogP contribution in [0.25, 0.3) is 5.69 Å². The van der Waals surface area contributed by atoms with Gasteiger partial charge in [0.1, 0.15) is 5.82 Å². The van der Waals surface area contributed by atoms with Crippen molar-refractivity contribution in [3.63, 3.8) is 0 Å². The van der Waals surface area contributed by atoms with Gasteiger partial charge in [0.25, 0.3) is 0 Å². The molecule has 0 aliphatic heterocycles. The second kappa shape index (κ2) is 6.60. The fourth-order valence-corrected chi connectivity index (χ4v) is 2.28. The van der Waals surface area contributed by atoms with Crippen molar-refractivity contribution in [2.45, 2.75) is 40.5 Å². The molecule has 1 heterocycles. The van der Waals surface area contributed by atoms with E-state index in [1.165, 1.54) is 5.56 Å². The first-order chi connectivity index (χ1) is 9.60. The normalized spacial score (nSPS) is 11.1. The van der Waals surface area contributed by atoms with Crippen molar-refractivity contribution in [3.05, 3.63) is 41.6 Å². The number of anilines is 1. The van der Waals surface area contributed by atoms with Crippen LogP contribution in [0.15, 0.2) is 30.3 Å². The van der Waals surface area contributed by atoms with E-state index in [2.05, 4.69) is 63.3 Å². The Morgan fingerprint density at radius 2 is 2.05 bits per heavy atom. The van der Waals surface area contributed by atoms with Gasteiger partial charge in [-0.3, -0.25) is 0 Å². The average molecular weight is 271 g/mol. The summed E-state index contributed by atoms with van der Waals surface area (Å²) in [4.78, 5) is 0. The topological polar surface area (TPSA) is 29.9 Å². The van der Waals surface area contributed by atoms with Crippen molar-refractivity contribution >= 4 is 5.82 Å². The fourth-order valence-electron chi connectivity index (χ4n) is 2.28. The molecule has 0 atom stereocenters.